The van der Waals surface area contributed by atoms with E-state index in [9.17, 15) is 4.79 Å². The lowest BCUT2D eigenvalue weighted by Gasteiger charge is -2.17. The molecule has 0 aromatic carbocycles. The Hall–Kier alpha value is -0.393. The highest BCUT2D eigenvalue weighted by Crippen LogP contribution is 2.02. The van der Waals surface area contributed by atoms with Crippen molar-refractivity contribution < 1.29 is 18.7 Å². The van der Waals surface area contributed by atoms with Crippen LogP contribution in [0.2, 0.25) is 19.6 Å². The zero-order valence-electron chi connectivity index (χ0n) is 9.46. The first-order chi connectivity index (χ1) is 6.45. The topological polar surface area (TPSA) is 44.8 Å². The van der Waals surface area contributed by atoms with Gasteiger partial charge >= 0.3 is 5.97 Å². The molecule has 0 aromatic rings. The highest BCUT2D eigenvalue weighted by molar-refractivity contribution is 6.71. The summed E-state index contributed by atoms with van der Waals surface area (Å²) >= 11 is 0. The SMILES string of the molecule is CCOCCOCC(=O)O[Si](C)(C)C. The van der Waals surface area contributed by atoms with Gasteiger partial charge in [0.1, 0.15) is 6.61 Å². The first-order valence-corrected chi connectivity index (χ1v) is 8.24. The molecule has 14 heavy (non-hydrogen) atoms. The average molecular weight is 220 g/mol. The van der Waals surface area contributed by atoms with Crippen molar-refractivity contribution in [3.8, 4) is 0 Å². The van der Waals surface area contributed by atoms with Crippen LogP contribution in [-0.2, 0) is 18.7 Å². The van der Waals surface area contributed by atoms with E-state index in [1.807, 2.05) is 26.6 Å². The van der Waals surface area contributed by atoms with Crippen molar-refractivity contribution in [2.24, 2.45) is 0 Å². The molecular formula is C9H20O4Si. The molecule has 0 atom stereocenters. The van der Waals surface area contributed by atoms with E-state index in [0.717, 1.165) is 0 Å². The molecule has 0 radical (unpaired) electrons. The van der Waals surface area contributed by atoms with E-state index in [0.29, 0.717) is 19.8 Å². The van der Waals surface area contributed by atoms with Gasteiger partial charge in [0.15, 0.2) is 0 Å². The highest BCUT2D eigenvalue weighted by atomic mass is 28.4. The van der Waals surface area contributed by atoms with Gasteiger partial charge in [0, 0.05) is 6.61 Å². The van der Waals surface area contributed by atoms with E-state index >= 15 is 0 Å². The summed E-state index contributed by atoms with van der Waals surface area (Å²) in [5.41, 5.74) is 0. The van der Waals surface area contributed by atoms with E-state index in [4.69, 9.17) is 13.9 Å². The Labute approximate surface area is 86.7 Å². The normalized spacial score (nSPS) is 11.4. The molecule has 5 heteroatoms. The van der Waals surface area contributed by atoms with E-state index in [1.165, 1.54) is 0 Å². The standard InChI is InChI=1S/C9H20O4Si/c1-5-11-6-7-12-8-9(10)13-14(2,3)4/h5-8H2,1-4H3. The molecule has 0 aliphatic rings. The summed E-state index contributed by atoms with van der Waals surface area (Å²) in [7, 11) is -1.76. The third-order valence-corrected chi connectivity index (χ3v) is 2.06. The molecule has 4 nitrogen and oxygen atoms in total. The fourth-order valence-corrected chi connectivity index (χ4v) is 1.53. The molecule has 0 N–H and O–H groups in total. The predicted octanol–water partition coefficient (Wildman–Crippen LogP) is 1.42. The number of carbonyl (C=O) groups is 1. The Morgan fingerprint density at radius 1 is 1.14 bits per heavy atom. The molecule has 0 aromatic heterocycles. The molecule has 0 bridgehead atoms. The van der Waals surface area contributed by atoms with Gasteiger partial charge in [0.2, 0.25) is 8.32 Å². The second-order valence-corrected chi connectivity index (χ2v) is 8.26. The van der Waals surface area contributed by atoms with Crippen molar-refractivity contribution in [3.63, 3.8) is 0 Å². The van der Waals surface area contributed by atoms with Crippen LogP contribution in [-0.4, -0.2) is 40.7 Å². The average Bonchev–Trinajstić information content (AvgIpc) is 2.00. The van der Waals surface area contributed by atoms with Crippen LogP contribution < -0.4 is 0 Å². The van der Waals surface area contributed by atoms with Gasteiger partial charge in [0.25, 0.3) is 0 Å². The number of hydrogen-bond acceptors (Lipinski definition) is 4. The van der Waals surface area contributed by atoms with Crippen molar-refractivity contribution in [1.82, 2.24) is 0 Å². The fraction of sp³-hybridized carbons (Fsp3) is 0.889. The number of hydrogen-bond donors (Lipinski definition) is 0. The first-order valence-electron chi connectivity index (χ1n) is 4.83. The van der Waals surface area contributed by atoms with Crippen molar-refractivity contribution in [3.05, 3.63) is 0 Å². The monoisotopic (exact) mass is 220 g/mol. The van der Waals surface area contributed by atoms with E-state index in [2.05, 4.69) is 0 Å². The number of rotatable bonds is 7. The maximum absolute atomic E-state index is 11.1. The third kappa shape index (κ3) is 9.69. The summed E-state index contributed by atoms with van der Waals surface area (Å²) in [5.74, 6) is -0.277. The van der Waals surface area contributed by atoms with Crippen LogP contribution >= 0.6 is 0 Å². The maximum Gasteiger partial charge on any atom is 0.318 e. The Morgan fingerprint density at radius 3 is 2.21 bits per heavy atom. The molecule has 0 aliphatic carbocycles. The van der Waals surface area contributed by atoms with Crippen LogP contribution in [0.1, 0.15) is 6.92 Å². The van der Waals surface area contributed by atoms with Crippen molar-refractivity contribution in [2.75, 3.05) is 26.4 Å². The van der Waals surface area contributed by atoms with E-state index < -0.39 is 8.32 Å². The molecule has 0 unspecified atom stereocenters. The molecule has 0 spiro atoms. The fourth-order valence-electron chi connectivity index (χ4n) is 0.789. The van der Waals surface area contributed by atoms with Crippen LogP contribution in [0, 0.1) is 0 Å². The van der Waals surface area contributed by atoms with Crippen molar-refractivity contribution >= 4 is 14.3 Å². The van der Waals surface area contributed by atoms with E-state index in [1.54, 1.807) is 0 Å². The summed E-state index contributed by atoms with van der Waals surface area (Å²) in [6.07, 6.45) is 0. The Balaban J connectivity index is 3.36. The van der Waals surface area contributed by atoms with Gasteiger partial charge in [-0.3, -0.25) is 4.79 Å². The summed E-state index contributed by atoms with van der Waals surface area (Å²) in [6, 6.07) is 0. The van der Waals surface area contributed by atoms with Crippen LogP contribution in [0.15, 0.2) is 0 Å². The van der Waals surface area contributed by atoms with Gasteiger partial charge in [-0.05, 0) is 26.6 Å². The third-order valence-electron chi connectivity index (χ3n) is 1.22. The molecule has 0 aliphatic heterocycles. The Morgan fingerprint density at radius 2 is 1.71 bits per heavy atom. The minimum atomic E-state index is -1.76. The minimum Gasteiger partial charge on any atom is -0.518 e. The predicted molar refractivity (Wildman–Crippen MR) is 56.8 cm³/mol. The van der Waals surface area contributed by atoms with Gasteiger partial charge in [0.05, 0.1) is 13.2 Å². The molecule has 84 valence electrons. The van der Waals surface area contributed by atoms with Crippen LogP contribution in [0.3, 0.4) is 0 Å². The zero-order chi connectivity index (χ0) is 11.0. The lowest BCUT2D eigenvalue weighted by Crippen LogP contribution is -2.31. The van der Waals surface area contributed by atoms with Crippen LogP contribution in [0.25, 0.3) is 0 Å². The van der Waals surface area contributed by atoms with Crippen molar-refractivity contribution in [1.29, 1.82) is 0 Å². The molecule has 0 saturated heterocycles. The van der Waals surface area contributed by atoms with Gasteiger partial charge in [-0.2, -0.15) is 0 Å². The quantitative estimate of drug-likeness (QED) is 0.481. The highest BCUT2D eigenvalue weighted by Gasteiger charge is 2.19. The van der Waals surface area contributed by atoms with Gasteiger partial charge in [-0.1, -0.05) is 0 Å². The summed E-state index contributed by atoms with van der Waals surface area (Å²) in [6.45, 7) is 9.46. The Bertz CT molecular complexity index is 165. The van der Waals surface area contributed by atoms with Gasteiger partial charge in [-0.15, -0.1) is 0 Å². The molecular weight excluding hydrogens is 200 g/mol. The molecule has 0 rings (SSSR count). The smallest absolute Gasteiger partial charge is 0.318 e. The first kappa shape index (κ1) is 13.6. The number of ether oxygens (including phenoxy) is 2. The molecule has 0 fully saturated rings. The minimum absolute atomic E-state index is 0.0251. The Kier molecular flexibility index (Phi) is 6.78. The largest absolute Gasteiger partial charge is 0.518 e. The molecule has 0 saturated carbocycles. The molecule has 0 heterocycles. The summed E-state index contributed by atoms with van der Waals surface area (Å²) in [5, 5.41) is 0. The summed E-state index contributed by atoms with van der Waals surface area (Å²) in [4.78, 5) is 11.1. The van der Waals surface area contributed by atoms with Gasteiger partial charge < -0.3 is 13.9 Å². The second kappa shape index (κ2) is 6.97. The zero-order valence-corrected chi connectivity index (χ0v) is 10.5. The lowest BCUT2D eigenvalue weighted by molar-refractivity contribution is -0.140. The lowest BCUT2D eigenvalue weighted by atomic mass is 10.7. The number of carbonyl (C=O) groups excluding carboxylic acids is 1. The van der Waals surface area contributed by atoms with Crippen molar-refractivity contribution in [2.45, 2.75) is 26.6 Å². The van der Waals surface area contributed by atoms with Crippen LogP contribution in [0.4, 0.5) is 0 Å². The molecule has 0 amide bonds. The van der Waals surface area contributed by atoms with E-state index in [-0.39, 0.29) is 12.6 Å². The van der Waals surface area contributed by atoms with Gasteiger partial charge in [-0.25, -0.2) is 0 Å². The van der Waals surface area contributed by atoms with Crippen LogP contribution in [0.5, 0.6) is 0 Å². The maximum atomic E-state index is 11.1. The summed E-state index contributed by atoms with van der Waals surface area (Å²) < 4.78 is 15.3. The second-order valence-electron chi connectivity index (χ2n) is 3.84.